The van der Waals surface area contributed by atoms with E-state index in [1.165, 1.54) is 11.3 Å². The third kappa shape index (κ3) is 5.43. The first-order valence-electron chi connectivity index (χ1n) is 9.42. The number of ether oxygens (including phenoxy) is 1. The zero-order valence-electron chi connectivity index (χ0n) is 16.1. The van der Waals surface area contributed by atoms with E-state index in [4.69, 9.17) is 39.5 Å². The highest BCUT2D eigenvalue weighted by Gasteiger charge is 2.37. The molecule has 1 aromatic heterocycles. The minimum absolute atomic E-state index is 0.259. The van der Waals surface area contributed by atoms with E-state index in [-0.39, 0.29) is 6.61 Å². The molecule has 0 aliphatic heterocycles. The second kappa shape index (κ2) is 10.1. The average molecular weight is 555 g/mol. The van der Waals surface area contributed by atoms with Crippen molar-refractivity contribution in [2.24, 2.45) is 0 Å². The molecule has 0 bridgehead atoms. The number of amides is 1. The van der Waals surface area contributed by atoms with Crippen molar-refractivity contribution in [2.75, 3.05) is 11.9 Å². The van der Waals surface area contributed by atoms with Crippen LogP contribution >= 0.6 is 62.1 Å². The number of alkyl halides is 3. The Balaban J connectivity index is 1.92. The fraction of sp³-hybridized carbons (Fsp3) is 0.400. The summed E-state index contributed by atoms with van der Waals surface area (Å²) in [5.41, 5.74) is 1.84. The minimum Gasteiger partial charge on any atom is -0.462 e. The number of nitrogens with one attached hydrogen (secondary N) is 2. The predicted octanol–water partition coefficient (Wildman–Crippen LogP) is 6.10. The number of carbonyl (C=O) groups is 2. The maximum Gasteiger partial charge on any atom is 0.341 e. The number of anilines is 1. The maximum atomic E-state index is 12.8. The molecule has 0 saturated heterocycles. The summed E-state index contributed by atoms with van der Waals surface area (Å²) < 4.78 is 4.01. The Labute approximate surface area is 202 Å². The van der Waals surface area contributed by atoms with Crippen LogP contribution < -0.4 is 10.6 Å². The van der Waals surface area contributed by atoms with Gasteiger partial charge in [0.1, 0.15) is 11.2 Å². The Kier molecular flexibility index (Phi) is 7.96. The van der Waals surface area contributed by atoms with Crippen molar-refractivity contribution in [3.63, 3.8) is 0 Å². The van der Waals surface area contributed by atoms with Crippen LogP contribution in [0.2, 0.25) is 0 Å². The van der Waals surface area contributed by atoms with Crippen LogP contribution in [0.5, 0.6) is 0 Å². The van der Waals surface area contributed by atoms with E-state index < -0.39 is 21.8 Å². The number of hydrogen-bond acceptors (Lipinski definition) is 5. The van der Waals surface area contributed by atoms with Crippen LogP contribution in [0, 0.1) is 0 Å². The number of fused-ring (bicyclic) bond motifs is 1. The van der Waals surface area contributed by atoms with Crippen LogP contribution in [0.4, 0.5) is 5.00 Å². The Bertz CT molecular complexity index is 946. The quantitative estimate of drug-likeness (QED) is 0.257. The molecule has 1 atom stereocenters. The van der Waals surface area contributed by atoms with Crippen molar-refractivity contribution in [1.82, 2.24) is 5.32 Å². The van der Waals surface area contributed by atoms with Crippen LogP contribution in [-0.2, 0) is 17.6 Å². The summed E-state index contributed by atoms with van der Waals surface area (Å²) in [4.78, 5) is 26.6. The van der Waals surface area contributed by atoms with Gasteiger partial charge in [-0.2, -0.15) is 0 Å². The summed E-state index contributed by atoms with van der Waals surface area (Å²) in [6.07, 6.45) is 2.67. The van der Waals surface area contributed by atoms with Crippen LogP contribution in [-0.4, -0.2) is 28.4 Å². The van der Waals surface area contributed by atoms with Gasteiger partial charge in [0, 0.05) is 9.35 Å². The zero-order chi connectivity index (χ0) is 21.9. The van der Waals surface area contributed by atoms with Gasteiger partial charge in [-0.15, -0.1) is 11.3 Å². The van der Waals surface area contributed by atoms with Crippen LogP contribution in [0.25, 0.3) is 0 Å². The maximum absolute atomic E-state index is 12.8. The predicted molar refractivity (Wildman–Crippen MR) is 126 cm³/mol. The summed E-state index contributed by atoms with van der Waals surface area (Å²) in [6, 6.07) is 6.94. The summed E-state index contributed by atoms with van der Waals surface area (Å²) in [7, 11) is 0. The number of thiophene rings is 1. The van der Waals surface area contributed by atoms with Crippen molar-refractivity contribution in [2.45, 2.75) is 42.6 Å². The first kappa shape index (κ1) is 23.7. The monoisotopic (exact) mass is 552 g/mol. The normalized spacial score (nSPS) is 14.6. The molecule has 3 rings (SSSR count). The van der Waals surface area contributed by atoms with Gasteiger partial charge in [0.25, 0.3) is 5.91 Å². The van der Waals surface area contributed by atoms with Crippen LogP contribution in [0.1, 0.15) is 50.9 Å². The molecule has 1 aliphatic rings. The van der Waals surface area contributed by atoms with Crippen molar-refractivity contribution in [1.29, 1.82) is 0 Å². The smallest absolute Gasteiger partial charge is 0.341 e. The third-order valence-electron chi connectivity index (χ3n) is 4.65. The second-order valence-electron chi connectivity index (χ2n) is 6.71. The van der Waals surface area contributed by atoms with Gasteiger partial charge in [-0.25, -0.2) is 4.79 Å². The van der Waals surface area contributed by atoms with Gasteiger partial charge >= 0.3 is 5.97 Å². The lowest BCUT2D eigenvalue weighted by Gasteiger charge is -2.27. The molecule has 0 unspecified atom stereocenters. The van der Waals surface area contributed by atoms with Gasteiger partial charge < -0.3 is 15.4 Å². The SMILES string of the molecule is CCOC(=O)c1c(N[C@@H](NC(=O)c2ccccc2Br)C(Cl)(Cl)Cl)sc2c1CCCC2. The number of aryl methyl sites for hydroxylation is 1. The number of benzene rings is 1. The van der Waals surface area contributed by atoms with Crippen molar-refractivity contribution in [3.05, 3.63) is 50.3 Å². The van der Waals surface area contributed by atoms with Gasteiger partial charge in [0.05, 0.1) is 17.7 Å². The van der Waals surface area contributed by atoms with Crippen LogP contribution in [0.15, 0.2) is 28.7 Å². The molecule has 2 aromatic rings. The second-order valence-corrected chi connectivity index (χ2v) is 11.0. The number of hydrogen-bond donors (Lipinski definition) is 2. The molecule has 0 saturated carbocycles. The van der Waals surface area contributed by atoms with E-state index in [0.29, 0.717) is 20.6 Å². The van der Waals surface area contributed by atoms with Gasteiger partial charge in [0.15, 0.2) is 0 Å². The fourth-order valence-electron chi connectivity index (χ4n) is 3.27. The molecular formula is C20H20BrCl3N2O3S. The molecule has 0 spiro atoms. The van der Waals surface area contributed by atoms with E-state index in [1.54, 1.807) is 31.2 Å². The molecule has 1 heterocycles. The number of halogens is 4. The lowest BCUT2D eigenvalue weighted by Crippen LogP contribution is -2.49. The highest BCUT2D eigenvalue weighted by atomic mass is 79.9. The number of esters is 1. The molecule has 10 heteroatoms. The van der Waals surface area contributed by atoms with E-state index in [0.717, 1.165) is 36.1 Å². The molecule has 0 fully saturated rings. The molecule has 5 nitrogen and oxygen atoms in total. The number of rotatable bonds is 6. The summed E-state index contributed by atoms with van der Waals surface area (Å²) >= 11 is 23.3. The first-order valence-corrected chi connectivity index (χ1v) is 12.2. The summed E-state index contributed by atoms with van der Waals surface area (Å²) in [5.74, 6) is -0.843. The van der Waals surface area contributed by atoms with Gasteiger partial charge in [-0.1, -0.05) is 46.9 Å². The largest absolute Gasteiger partial charge is 0.462 e. The molecule has 1 amide bonds. The highest BCUT2D eigenvalue weighted by Crippen LogP contribution is 2.41. The molecule has 2 N–H and O–H groups in total. The van der Waals surface area contributed by atoms with Gasteiger partial charge in [-0.3, -0.25) is 4.79 Å². The van der Waals surface area contributed by atoms with E-state index in [1.807, 2.05) is 0 Å². The molecule has 30 heavy (non-hydrogen) atoms. The highest BCUT2D eigenvalue weighted by molar-refractivity contribution is 9.10. The Morgan fingerprint density at radius 1 is 1.23 bits per heavy atom. The molecule has 1 aliphatic carbocycles. The average Bonchev–Trinajstić information content (AvgIpc) is 3.05. The Hall–Kier alpha value is -0.990. The third-order valence-corrected chi connectivity index (χ3v) is 7.22. The number of carbonyl (C=O) groups excluding carboxylic acids is 2. The van der Waals surface area contributed by atoms with Gasteiger partial charge in [-0.05, 0) is 66.2 Å². The summed E-state index contributed by atoms with van der Waals surface area (Å²) in [6.45, 7) is 2.02. The van der Waals surface area contributed by atoms with E-state index >= 15 is 0 Å². The molecule has 0 radical (unpaired) electrons. The van der Waals surface area contributed by atoms with E-state index in [2.05, 4.69) is 26.6 Å². The van der Waals surface area contributed by atoms with Crippen molar-refractivity contribution in [3.8, 4) is 0 Å². The van der Waals surface area contributed by atoms with Crippen molar-refractivity contribution < 1.29 is 14.3 Å². The Morgan fingerprint density at radius 2 is 1.93 bits per heavy atom. The lowest BCUT2D eigenvalue weighted by atomic mass is 9.95. The molecule has 162 valence electrons. The molecule has 1 aromatic carbocycles. The molecular weight excluding hydrogens is 535 g/mol. The Morgan fingerprint density at radius 3 is 2.60 bits per heavy atom. The minimum atomic E-state index is -1.87. The fourth-order valence-corrected chi connectivity index (χ4v) is 5.37. The van der Waals surface area contributed by atoms with Crippen molar-refractivity contribution >= 4 is 78.9 Å². The summed E-state index contributed by atoms with van der Waals surface area (Å²) in [5, 5.41) is 6.33. The zero-order valence-corrected chi connectivity index (χ0v) is 20.7. The first-order chi connectivity index (χ1) is 14.2. The van der Waals surface area contributed by atoms with Crippen LogP contribution in [0.3, 0.4) is 0 Å². The topological polar surface area (TPSA) is 67.4 Å². The van der Waals surface area contributed by atoms with Gasteiger partial charge in [0.2, 0.25) is 3.79 Å². The van der Waals surface area contributed by atoms with E-state index in [9.17, 15) is 9.59 Å². The lowest BCUT2D eigenvalue weighted by molar-refractivity contribution is 0.0526. The standard InChI is InChI=1S/C20H20BrCl3N2O3S/c1-2-29-18(28)15-12-8-4-6-10-14(12)30-17(15)26-19(20(22,23)24)25-16(27)11-7-3-5-9-13(11)21/h3,5,7,9,19,26H,2,4,6,8,10H2,1H3,(H,25,27)/t19-/m1/s1.